The fourth-order valence-corrected chi connectivity index (χ4v) is 1.22. The van der Waals surface area contributed by atoms with Crippen LogP contribution in [-0.2, 0) is 6.54 Å². The maximum atomic E-state index is 5.44. The minimum absolute atomic E-state index is 0.436. The molecule has 0 atom stereocenters. The van der Waals surface area contributed by atoms with Crippen molar-refractivity contribution < 1.29 is 4.42 Å². The summed E-state index contributed by atoms with van der Waals surface area (Å²) in [5.74, 6) is 2.15. The first-order valence-electron chi connectivity index (χ1n) is 4.26. The molecule has 3 nitrogen and oxygen atoms in total. The van der Waals surface area contributed by atoms with Crippen molar-refractivity contribution in [3.63, 3.8) is 0 Å². The van der Waals surface area contributed by atoms with Gasteiger partial charge in [-0.05, 0) is 13.0 Å². The minimum Gasteiger partial charge on any atom is -0.444 e. The molecule has 1 aromatic rings. The molecule has 12 heavy (non-hydrogen) atoms. The van der Waals surface area contributed by atoms with E-state index in [0.717, 1.165) is 23.9 Å². The van der Waals surface area contributed by atoms with Crippen LogP contribution in [0.5, 0.6) is 0 Å². The van der Waals surface area contributed by atoms with Crippen LogP contribution < -0.4 is 5.32 Å². The molecule has 0 bridgehead atoms. The number of aryl methyl sites for hydroxylation is 1. The molecule has 1 N–H and O–H groups in total. The topological polar surface area (TPSA) is 38.1 Å². The van der Waals surface area contributed by atoms with Crippen LogP contribution in [0, 0.1) is 6.92 Å². The van der Waals surface area contributed by atoms with Crippen LogP contribution >= 0.6 is 0 Å². The average Bonchev–Trinajstić information content (AvgIpc) is 2.32. The van der Waals surface area contributed by atoms with Gasteiger partial charge in [-0.2, -0.15) is 0 Å². The van der Waals surface area contributed by atoms with E-state index >= 15 is 0 Å². The van der Waals surface area contributed by atoms with E-state index in [1.807, 2.05) is 14.0 Å². The smallest absolute Gasteiger partial charge is 0.191 e. The quantitative estimate of drug-likeness (QED) is 0.748. The van der Waals surface area contributed by atoms with E-state index in [4.69, 9.17) is 4.42 Å². The first-order chi connectivity index (χ1) is 5.65. The van der Waals surface area contributed by atoms with Crippen LogP contribution in [0.15, 0.2) is 4.42 Å². The summed E-state index contributed by atoms with van der Waals surface area (Å²) in [6, 6.07) is 0. The second-order valence-electron chi connectivity index (χ2n) is 3.23. The van der Waals surface area contributed by atoms with Crippen LogP contribution in [0.2, 0.25) is 0 Å². The zero-order chi connectivity index (χ0) is 9.14. The standard InChI is InChI=1S/C9H16N2O/c1-6(2)9-8(5-10-4)12-7(3)11-9/h6,10H,5H2,1-4H3. The van der Waals surface area contributed by atoms with Crippen molar-refractivity contribution in [2.75, 3.05) is 7.05 Å². The molecule has 1 rings (SSSR count). The van der Waals surface area contributed by atoms with Crippen LogP contribution in [-0.4, -0.2) is 12.0 Å². The van der Waals surface area contributed by atoms with E-state index in [1.54, 1.807) is 0 Å². The van der Waals surface area contributed by atoms with Gasteiger partial charge in [-0.3, -0.25) is 0 Å². The third-order valence-electron chi connectivity index (χ3n) is 1.72. The van der Waals surface area contributed by atoms with Crippen LogP contribution in [0.3, 0.4) is 0 Å². The summed E-state index contributed by atoms with van der Waals surface area (Å²) in [6.07, 6.45) is 0. The average molecular weight is 168 g/mol. The highest BCUT2D eigenvalue weighted by Crippen LogP contribution is 2.19. The van der Waals surface area contributed by atoms with Gasteiger partial charge < -0.3 is 9.73 Å². The second kappa shape index (κ2) is 3.72. The lowest BCUT2D eigenvalue weighted by Crippen LogP contribution is -2.07. The van der Waals surface area contributed by atoms with E-state index in [1.165, 1.54) is 0 Å². The molecule has 0 saturated carbocycles. The van der Waals surface area contributed by atoms with Crippen molar-refractivity contribution in [1.82, 2.24) is 10.3 Å². The van der Waals surface area contributed by atoms with Gasteiger partial charge in [0.2, 0.25) is 0 Å². The Balaban J connectivity index is 2.92. The summed E-state index contributed by atoms with van der Waals surface area (Å²) in [5, 5.41) is 3.06. The molecular weight excluding hydrogens is 152 g/mol. The lowest BCUT2D eigenvalue weighted by Gasteiger charge is -2.01. The van der Waals surface area contributed by atoms with Crippen molar-refractivity contribution in [2.45, 2.75) is 33.2 Å². The number of nitrogens with zero attached hydrogens (tertiary/aromatic N) is 1. The third kappa shape index (κ3) is 1.85. The zero-order valence-electron chi connectivity index (χ0n) is 8.14. The van der Waals surface area contributed by atoms with Crippen molar-refractivity contribution in [3.05, 3.63) is 17.3 Å². The molecule has 1 aromatic heterocycles. The first-order valence-corrected chi connectivity index (χ1v) is 4.26. The summed E-state index contributed by atoms with van der Waals surface area (Å²) in [6.45, 7) is 6.88. The Hall–Kier alpha value is -0.830. The Morgan fingerprint density at radius 2 is 2.17 bits per heavy atom. The van der Waals surface area contributed by atoms with Gasteiger partial charge in [0.05, 0.1) is 12.2 Å². The number of aromatic nitrogens is 1. The first kappa shape index (κ1) is 9.26. The molecule has 3 heteroatoms. The summed E-state index contributed by atoms with van der Waals surface area (Å²) in [7, 11) is 1.90. The number of nitrogens with one attached hydrogen (secondary N) is 1. The molecule has 0 aromatic carbocycles. The third-order valence-corrected chi connectivity index (χ3v) is 1.72. The van der Waals surface area contributed by atoms with Gasteiger partial charge in [-0.1, -0.05) is 13.8 Å². The normalized spacial score (nSPS) is 11.1. The highest BCUT2D eigenvalue weighted by Gasteiger charge is 2.12. The van der Waals surface area contributed by atoms with Gasteiger partial charge in [0, 0.05) is 6.92 Å². The van der Waals surface area contributed by atoms with Gasteiger partial charge in [-0.25, -0.2) is 4.98 Å². The molecule has 0 saturated heterocycles. The second-order valence-corrected chi connectivity index (χ2v) is 3.23. The van der Waals surface area contributed by atoms with Crippen molar-refractivity contribution in [2.24, 2.45) is 0 Å². The zero-order valence-corrected chi connectivity index (χ0v) is 8.14. The van der Waals surface area contributed by atoms with E-state index in [0.29, 0.717) is 5.92 Å². The molecule has 0 aliphatic carbocycles. The SMILES string of the molecule is CNCc1oc(C)nc1C(C)C. The van der Waals surface area contributed by atoms with E-state index < -0.39 is 0 Å². The Kier molecular flexibility index (Phi) is 2.87. The molecule has 0 fully saturated rings. The van der Waals surface area contributed by atoms with Gasteiger partial charge in [0.25, 0.3) is 0 Å². The largest absolute Gasteiger partial charge is 0.444 e. The number of oxazole rings is 1. The van der Waals surface area contributed by atoms with Gasteiger partial charge in [0.1, 0.15) is 5.76 Å². The van der Waals surface area contributed by atoms with Crippen molar-refractivity contribution in [1.29, 1.82) is 0 Å². The molecule has 68 valence electrons. The van der Waals surface area contributed by atoms with Crippen molar-refractivity contribution >= 4 is 0 Å². The Morgan fingerprint density at radius 3 is 2.67 bits per heavy atom. The summed E-state index contributed by atoms with van der Waals surface area (Å²) >= 11 is 0. The fraction of sp³-hybridized carbons (Fsp3) is 0.667. The van der Waals surface area contributed by atoms with Crippen LogP contribution in [0.4, 0.5) is 0 Å². The summed E-state index contributed by atoms with van der Waals surface area (Å²) < 4.78 is 5.44. The summed E-state index contributed by atoms with van der Waals surface area (Å²) in [4.78, 5) is 4.32. The van der Waals surface area contributed by atoms with E-state index in [-0.39, 0.29) is 0 Å². The Labute approximate surface area is 73.2 Å². The molecule has 0 aliphatic rings. The number of rotatable bonds is 3. The molecule has 0 amide bonds. The summed E-state index contributed by atoms with van der Waals surface area (Å²) in [5.41, 5.74) is 1.07. The minimum atomic E-state index is 0.436. The Bertz CT molecular complexity index is 253. The molecule has 0 aliphatic heterocycles. The van der Waals surface area contributed by atoms with Gasteiger partial charge >= 0.3 is 0 Å². The van der Waals surface area contributed by atoms with E-state index in [9.17, 15) is 0 Å². The maximum Gasteiger partial charge on any atom is 0.191 e. The fourth-order valence-electron chi connectivity index (χ4n) is 1.22. The number of hydrogen-bond donors (Lipinski definition) is 1. The lowest BCUT2D eigenvalue weighted by atomic mass is 10.1. The number of hydrogen-bond acceptors (Lipinski definition) is 3. The van der Waals surface area contributed by atoms with Crippen LogP contribution in [0.1, 0.15) is 37.1 Å². The highest BCUT2D eigenvalue weighted by molar-refractivity contribution is 5.13. The molecular formula is C9H16N2O. The van der Waals surface area contributed by atoms with Gasteiger partial charge in [-0.15, -0.1) is 0 Å². The van der Waals surface area contributed by atoms with Crippen LogP contribution in [0.25, 0.3) is 0 Å². The molecule has 1 heterocycles. The molecule has 0 unspecified atom stereocenters. The van der Waals surface area contributed by atoms with Gasteiger partial charge in [0.15, 0.2) is 5.89 Å². The molecule has 0 spiro atoms. The molecule has 0 radical (unpaired) electrons. The Morgan fingerprint density at radius 1 is 1.50 bits per heavy atom. The maximum absolute atomic E-state index is 5.44. The predicted octanol–water partition coefficient (Wildman–Crippen LogP) is 1.83. The lowest BCUT2D eigenvalue weighted by molar-refractivity contribution is 0.460. The van der Waals surface area contributed by atoms with E-state index in [2.05, 4.69) is 24.1 Å². The van der Waals surface area contributed by atoms with Crippen molar-refractivity contribution in [3.8, 4) is 0 Å². The predicted molar refractivity (Wildman–Crippen MR) is 48.1 cm³/mol. The monoisotopic (exact) mass is 168 g/mol. The highest BCUT2D eigenvalue weighted by atomic mass is 16.4.